The first kappa shape index (κ1) is 12.5. The number of nitrogens with two attached hydrogens (primary N) is 1. The average Bonchev–Trinajstić information content (AvgIpc) is 2.19. The van der Waals surface area contributed by atoms with Crippen LogP contribution in [0.25, 0.3) is 0 Å². The van der Waals surface area contributed by atoms with Gasteiger partial charge in [0.25, 0.3) is 0 Å². The van der Waals surface area contributed by atoms with Crippen molar-refractivity contribution in [2.45, 2.75) is 26.2 Å². The van der Waals surface area contributed by atoms with Crippen molar-refractivity contribution in [1.29, 1.82) is 0 Å². The molecular weight excluding hydrogens is 192 g/mol. The quantitative estimate of drug-likeness (QED) is 0.746. The summed E-state index contributed by atoms with van der Waals surface area (Å²) in [7, 11) is 1.73. The molecule has 0 aromatic heterocycles. The topological polar surface area (TPSA) is 55.6 Å². The number of likely N-dealkylation sites (tertiary alicyclic amines) is 1. The zero-order valence-corrected chi connectivity index (χ0v) is 9.79. The maximum atomic E-state index is 11.6. The van der Waals surface area contributed by atoms with Gasteiger partial charge in [-0.3, -0.25) is 4.79 Å². The molecule has 1 fully saturated rings. The summed E-state index contributed by atoms with van der Waals surface area (Å²) in [4.78, 5) is 13.5. The summed E-state index contributed by atoms with van der Waals surface area (Å²) < 4.78 is 5.20. The number of nitrogens with zero attached hydrogens (tertiary/aromatic N) is 1. The average molecular weight is 214 g/mol. The molecule has 1 heterocycles. The summed E-state index contributed by atoms with van der Waals surface area (Å²) in [5.41, 5.74) is 5.61. The Hall–Kier alpha value is -0.610. The Kier molecular flexibility index (Phi) is 4.54. The number of methoxy groups -OCH3 is 1. The van der Waals surface area contributed by atoms with Crippen LogP contribution in [0.15, 0.2) is 0 Å². The van der Waals surface area contributed by atoms with E-state index < -0.39 is 0 Å². The van der Waals surface area contributed by atoms with Gasteiger partial charge in [-0.15, -0.1) is 0 Å². The Morgan fingerprint density at radius 3 is 2.53 bits per heavy atom. The normalized spacial score (nSPS) is 20.3. The fraction of sp³-hybridized carbons (Fsp3) is 0.909. The Morgan fingerprint density at radius 1 is 1.47 bits per heavy atom. The summed E-state index contributed by atoms with van der Waals surface area (Å²) >= 11 is 0. The lowest BCUT2D eigenvalue weighted by atomic mass is 9.81. The van der Waals surface area contributed by atoms with E-state index in [4.69, 9.17) is 10.5 Å². The summed E-state index contributed by atoms with van der Waals surface area (Å²) in [5, 5.41) is 0. The molecule has 88 valence electrons. The molecule has 0 spiro atoms. The molecule has 1 aliphatic rings. The Labute approximate surface area is 91.8 Å². The van der Waals surface area contributed by atoms with Crippen molar-refractivity contribution < 1.29 is 9.53 Å². The summed E-state index contributed by atoms with van der Waals surface area (Å²) in [6, 6.07) is 0. The third kappa shape index (κ3) is 3.47. The second kappa shape index (κ2) is 5.47. The molecule has 0 atom stereocenters. The zero-order valence-electron chi connectivity index (χ0n) is 9.79. The first-order chi connectivity index (χ1) is 7.11. The van der Waals surface area contributed by atoms with Gasteiger partial charge in [0.05, 0.1) is 6.61 Å². The molecule has 4 nitrogen and oxygen atoms in total. The highest BCUT2D eigenvalue weighted by Crippen LogP contribution is 2.31. The Morgan fingerprint density at radius 2 is 2.07 bits per heavy atom. The molecule has 0 radical (unpaired) electrons. The van der Waals surface area contributed by atoms with E-state index in [1.807, 2.05) is 4.90 Å². The molecule has 0 bridgehead atoms. The second-order valence-electron chi connectivity index (χ2n) is 4.66. The minimum absolute atomic E-state index is 0.192. The number of piperidine rings is 1. The van der Waals surface area contributed by atoms with E-state index in [1.54, 1.807) is 7.11 Å². The standard InChI is InChI=1S/C11H22N2O2/c1-11(9-15-2)4-7-13(8-5-11)10(14)3-6-12/h3-9,12H2,1-2H3. The highest BCUT2D eigenvalue weighted by molar-refractivity contribution is 5.76. The molecule has 1 aliphatic heterocycles. The number of carbonyl (C=O) groups excluding carboxylic acids is 1. The summed E-state index contributed by atoms with van der Waals surface area (Å²) in [6.45, 7) is 5.15. The fourth-order valence-corrected chi connectivity index (χ4v) is 2.07. The van der Waals surface area contributed by atoms with Gasteiger partial charge in [0.1, 0.15) is 0 Å². The smallest absolute Gasteiger partial charge is 0.223 e. The third-order valence-electron chi connectivity index (χ3n) is 3.17. The summed E-state index contributed by atoms with van der Waals surface area (Å²) in [5.74, 6) is 0.192. The minimum Gasteiger partial charge on any atom is -0.384 e. The molecule has 4 heteroatoms. The molecule has 0 aromatic rings. The number of amides is 1. The second-order valence-corrected chi connectivity index (χ2v) is 4.66. The Bertz CT molecular complexity index is 211. The summed E-state index contributed by atoms with van der Waals surface area (Å²) in [6.07, 6.45) is 2.52. The van der Waals surface area contributed by atoms with Gasteiger partial charge in [-0.05, 0) is 18.3 Å². The Balaban J connectivity index is 2.38. The number of hydrogen-bond acceptors (Lipinski definition) is 3. The van der Waals surface area contributed by atoms with Crippen LogP contribution in [0.2, 0.25) is 0 Å². The van der Waals surface area contributed by atoms with E-state index in [0.717, 1.165) is 32.5 Å². The van der Waals surface area contributed by atoms with Crippen molar-refractivity contribution in [3.8, 4) is 0 Å². The van der Waals surface area contributed by atoms with Gasteiger partial charge < -0.3 is 15.4 Å². The molecule has 0 saturated carbocycles. The van der Waals surface area contributed by atoms with Gasteiger partial charge in [-0.25, -0.2) is 0 Å². The van der Waals surface area contributed by atoms with Crippen molar-refractivity contribution in [3.63, 3.8) is 0 Å². The van der Waals surface area contributed by atoms with Crippen LogP contribution in [0.3, 0.4) is 0 Å². The van der Waals surface area contributed by atoms with Gasteiger partial charge >= 0.3 is 0 Å². The van der Waals surface area contributed by atoms with Crippen molar-refractivity contribution in [1.82, 2.24) is 4.90 Å². The monoisotopic (exact) mass is 214 g/mol. The predicted molar refractivity (Wildman–Crippen MR) is 59.5 cm³/mol. The van der Waals surface area contributed by atoms with E-state index in [1.165, 1.54) is 0 Å². The van der Waals surface area contributed by atoms with Crippen LogP contribution in [0.1, 0.15) is 26.2 Å². The number of hydrogen-bond donors (Lipinski definition) is 1. The fourth-order valence-electron chi connectivity index (χ4n) is 2.07. The number of carbonyl (C=O) groups is 1. The SMILES string of the molecule is COCC1(C)CCN(C(=O)CCN)CC1. The van der Waals surface area contributed by atoms with Crippen molar-refractivity contribution in [3.05, 3.63) is 0 Å². The molecule has 0 aromatic carbocycles. The van der Waals surface area contributed by atoms with Crippen molar-refractivity contribution in [2.24, 2.45) is 11.1 Å². The number of rotatable bonds is 4. The van der Waals surface area contributed by atoms with Crippen molar-refractivity contribution >= 4 is 5.91 Å². The lowest BCUT2D eigenvalue weighted by Gasteiger charge is -2.39. The van der Waals surface area contributed by atoms with Crippen LogP contribution in [-0.4, -0.2) is 44.2 Å². The first-order valence-corrected chi connectivity index (χ1v) is 5.58. The molecule has 2 N–H and O–H groups in total. The highest BCUT2D eigenvalue weighted by atomic mass is 16.5. The molecule has 0 aliphatic carbocycles. The number of ether oxygens (including phenoxy) is 1. The maximum absolute atomic E-state index is 11.6. The van der Waals surface area contributed by atoms with Gasteiger partial charge in [0.2, 0.25) is 5.91 Å². The maximum Gasteiger partial charge on any atom is 0.223 e. The zero-order chi connectivity index (χ0) is 11.3. The molecule has 1 amide bonds. The lowest BCUT2D eigenvalue weighted by molar-refractivity contribution is -0.133. The van der Waals surface area contributed by atoms with Gasteiger partial charge in [0, 0.05) is 33.2 Å². The molecule has 15 heavy (non-hydrogen) atoms. The van der Waals surface area contributed by atoms with Crippen LogP contribution in [0.4, 0.5) is 0 Å². The van der Waals surface area contributed by atoms with Crippen LogP contribution in [-0.2, 0) is 9.53 Å². The van der Waals surface area contributed by atoms with Crippen LogP contribution in [0.5, 0.6) is 0 Å². The van der Waals surface area contributed by atoms with E-state index in [0.29, 0.717) is 13.0 Å². The largest absolute Gasteiger partial charge is 0.384 e. The van der Waals surface area contributed by atoms with Gasteiger partial charge in [0.15, 0.2) is 0 Å². The van der Waals surface area contributed by atoms with Gasteiger partial charge in [-0.2, -0.15) is 0 Å². The molecular formula is C11H22N2O2. The molecule has 1 rings (SSSR count). The first-order valence-electron chi connectivity index (χ1n) is 5.58. The van der Waals surface area contributed by atoms with E-state index >= 15 is 0 Å². The predicted octanol–water partition coefficient (Wildman–Crippen LogP) is 0.610. The lowest BCUT2D eigenvalue weighted by Crippen LogP contribution is -2.44. The van der Waals surface area contributed by atoms with Crippen LogP contribution in [0, 0.1) is 5.41 Å². The molecule has 1 saturated heterocycles. The van der Waals surface area contributed by atoms with Crippen molar-refractivity contribution in [2.75, 3.05) is 33.4 Å². The van der Waals surface area contributed by atoms with Gasteiger partial charge in [-0.1, -0.05) is 6.92 Å². The minimum atomic E-state index is 0.192. The third-order valence-corrected chi connectivity index (χ3v) is 3.17. The van der Waals surface area contributed by atoms with Crippen LogP contribution >= 0.6 is 0 Å². The van der Waals surface area contributed by atoms with E-state index in [2.05, 4.69) is 6.92 Å². The van der Waals surface area contributed by atoms with Crippen LogP contribution < -0.4 is 5.73 Å². The highest BCUT2D eigenvalue weighted by Gasteiger charge is 2.31. The van der Waals surface area contributed by atoms with E-state index in [9.17, 15) is 4.79 Å². The molecule has 0 unspecified atom stereocenters. The van der Waals surface area contributed by atoms with E-state index in [-0.39, 0.29) is 11.3 Å².